The molecular weight excluding hydrogens is 472 g/mol. The zero-order chi connectivity index (χ0) is 25.6. The average molecular weight is 501 g/mol. The van der Waals surface area contributed by atoms with E-state index in [0.29, 0.717) is 49.3 Å². The SMILES string of the molecule is CCN(Cc1ccc(OCCc2nc(-c3ccccc3)oc2C)cc1)C(=O)Oc1ccc2c(c1)OCO2. The minimum atomic E-state index is -0.431. The molecule has 0 fully saturated rings. The van der Waals surface area contributed by atoms with Gasteiger partial charge in [-0.2, -0.15) is 0 Å². The van der Waals surface area contributed by atoms with Crippen LogP contribution in [0.2, 0.25) is 0 Å². The van der Waals surface area contributed by atoms with E-state index in [9.17, 15) is 4.79 Å². The summed E-state index contributed by atoms with van der Waals surface area (Å²) in [7, 11) is 0. The van der Waals surface area contributed by atoms with Crippen molar-refractivity contribution in [3.63, 3.8) is 0 Å². The summed E-state index contributed by atoms with van der Waals surface area (Å²) in [6.45, 7) is 5.39. The van der Waals surface area contributed by atoms with E-state index < -0.39 is 6.09 Å². The first-order chi connectivity index (χ1) is 18.1. The molecule has 0 radical (unpaired) electrons. The smallest absolute Gasteiger partial charge is 0.415 e. The van der Waals surface area contributed by atoms with E-state index in [1.54, 1.807) is 23.1 Å². The van der Waals surface area contributed by atoms with E-state index in [0.717, 1.165) is 28.3 Å². The molecule has 0 saturated heterocycles. The number of nitrogens with zero attached hydrogens (tertiary/aromatic N) is 2. The van der Waals surface area contributed by atoms with E-state index in [1.807, 2.05) is 68.4 Å². The number of aryl methyl sites for hydroxylation is 1. The lowest BCUT2D eigenvalue weighted by molar-refractivity contribution is 0.152. The van der Waals surface area contributed by atoms with Crippen molar-refractivity contribution >= 4 is 6.09 Å². The van der Waals surface area contributed by atoms with Gasteiger partial charge in [-0.15, -0.1) is 0 Å². The largest absolute Gasteiger partial charge is 0.493 e. The Morgan fingerprint density at radius 3 is 2.51 bits per heavy atom. The molecule has 2 heterocycles. The fourth-order valence-corrected chi connectivity index (χ4v) is 3.95. The molecule has 5 rings (SSSR count). The Balaban J connectivity index is 1.12. The normalized spacial score (nSPS) is 11.8. The molecule has 1 aliphatic heterocycles. The van der Waals surface area contributed by atoms with E-state index in [4.69, 9.17) is 23.4 Å². The summed E-state index contributed by atoms with van der Waals surface area (Å²) in [5.74, 6) is 3.79. The van der Waals surface area contributed by atoms with Gasteiger partial charge in [0, 0.05) is 31.1 Å². The Labute approximate surface area is 215 Å². The maximum Gasteiger partial charge on any atom is 0.415 e. The number of benzene rings is 3. The third-order valence-corrected chi connectivity index (χ3v) is 6.01. The molecule has 37 heavy (non-hydrogen) atoms. The number of rotatable bonds is 9. The molecule has 3 aromatic carbocycles. The zero-order valence-electron chi connectivity index (χ0n) is 20.8. The summed E-state index contributed by atoms with van der Waals surface area (Å²) in [6, 6.07) is 22.6. The number of aromatic nitrogens is 1. The summed E-state index contributed by atoms with van der Waals surface area (Å²) in [5, 5.41) is 0. The van der Waals surface area contributed by atoms with Gasteiger partial charge < -0.3 is 28.3 Å². The minimum Gasteiger partial charge on any atom is -0.493 e. The van der Waals surface area contributed by atoms with Crippen LogP contribution in [0.5, 0.6) is 23.0 Å². The Morgan fingerprint density at radius 1 is 0.973 bits per heavy atom. The lowest BCUT2D eigenvalue weighted by Gasteiger charge is -2.20. The number of carbonyl (C=O) groups excluding carboxylic acids is 1. The van der Waals surface area contributed by atoms with E-state index >= 15 is 0 Å². The van der Waals surface area contributed by atoms with Crippen molar-refractivity contribution < 1.29 is 28.2 Å². The molecule has 1 aromatic heterocycles. The van der Waals surface area contributed by atoms with Gasteiger partial charge >= 0.3 is 6.09 Å². The van der Waals surface area contributed by atoms with Crippen LogP contribution in [0, 0.1) is 6.92 Å². The number of hydrogen-bond donors (Lipinski definition) is 0. The first-order valence-electron chi connectivity index (χ1n) is 12.2. The number of amides is 1. The number of carbonyl (C=O) groups is 1. The van der Waals surface area contributed by atoms with Crippen LogP contribution < -0.4 is 18.9 Å². The van der Waals surface area contributed by atoms with Crippen LogP contribution in [0.1, 0.15) is 23.9 Å². The highest BCUT2D eigenvalue weighted by atomic mass is 16.7. The van der Waals surface area contributed by atoms with Gasteiger partial charge in [-0.05, 0) is 55.8 Å². The average Bonchev–Trinajstić information content (AvgIpc) is 3.54. The van der Waals surface area contributed by atoms with Gasteiger partial charge in [0.2, 0.25) is 12.7 Å². The van der Waals surface area contributed by atoms with E-state index in [2.05, 4.69) is 4.98 Å². The summed E-state index contributed by atoms with van der Waals surface area (Å²) >= 11 is 0. The van der Waals surface area contributed by atoms with Gasteiger partial charge in [-0.25, -0.2) is 9.78 Å². The summed E-state index contributed by atoms with van der Waals surface area (Å²) in [6.07, 6.45) is 0.207. The summed E-state index contributed by atoms with van der Waals surface area (Å²) < 4.78 is 27.9. The highest BCUT2D eigenvalue weighted by Gasteiger charge is 2.18. The standard InChI is InChI=1S/C29H28N2O6/c1-3-31(29(32)37-24-13-14-26-27(17-24)35-19-34-26)18-21-9-11-23(12-10-21)33-16-15-25-20(2)36-28(30-25)22-7-5-4-6-8-22/h4-14,17H,3,15-16,18-19H2,1-2H3. The molecule has 8 nitrogen and oxygen atoms in total. The molecule has 0 atom stereocenters. The van der Waals surface area contributed by atoms with Gasteiger partial charge in [0.25, 0.3) is 0 Å². The van der Waals surface area contributed by atoms with Crippen LogP contribution in [-0.4, -0.2) is 35.9 Å². The van der Waals surface area contributed by atoms with E-state index in [1.165, 1.54) is 0 Å². The molecule has 1 amide bonds. The molecule has 0 saturated carbocycles. The second-order valence-electron chi connectivity index (χ2n) is 8.53. The number of ether oxygens (including phenoxy) is 4. The van der Waals surface area contributed by atoms with Crippen molar-refractivity contribution in [1.29, 1.82) is 0 Å². The lowest BCUT2D eigenvalue weighted by atomic mass is 10.2. The predicted octanol–water partition coefficient (Wildman–Crippen LogP) is 6.02. The molecular formula is C29H28N2O6. The van der Waals surface area contributed by atoms with Crippen LogP contribution in [0.4, 0.5) is 4.79 Å². The van der Waals surface area contributed by atoms with E-state index in [-0.39, 0.29) is 6.79 Å². The summed E-state index contributed by atoms with van der Waals surface area (Å²) in [4.78, 5) is 18.9. The van der Waals surface area contributed by atoms with Crippen LogP contribution in [0.25, 0.3) is 11.5 Å². The Hall–Kier alpha value is -4.46. The quantitative estimate of drug-likeness (QED) is 0.278. The predicted molar refractivity (Wildman–Crippen MR) is 137 cm³/mol. The van der Waals surface area contributed by atoms with Crippen molar-refractivity contribution in [2.75, 3.05) is 19.9 Å². The molecule has 4 aromatic rings. The third kappa shape index (κ3) is 5.86. The number of oxazole rings is 1. The van der Waals surface area contributed by atoms with Gasteiger partial charge in [0.1, 0.15) is 17.3 Å². The highest BCUT2D eigenvalue weighted by molar-refractivity contribution is 5.71. The molecule has 8 heteroatoms. The number of hydrogen-bond acceptors (Lipinski definition) is 7. The highest BCUT2D eigenvalue weighted by Crippen LogP contribution is 2.35. The van der Waals surface area contributed by atoms with Crippen molar-refractivity contribution in [1.82, 2.24) is 9.88 Å². The van der Waals surface area contributed by atoms with Crippen LogP contribution in [-0.2, 0) is 13.0 Å². The maximum absolute atomic E-state index is 12.7. The van der Waals surface area contributed by atoms with Crippen molar-refractivity contribution in [3.8, 4) is 34.5 Å². The summed E-state index contributed by atoms with van der Waals surface area (Å²) in [5.41, 5.74) is 2.81. The molecule has 190 valence electrons. The van der Waals surface area contributed by atoms with Gasteiger partial charge in [0.05, 0.1) is 12.3 Å². The van der Waals surface area contributed by atoms with Crippen LogP contribution in [0.3, 0.4) is 0 Å². The van der Waals surface area contributed by atoms with Crippen LogP contribution in [0.15, 0.2) is 77.2 Å². The Morgan fingerprint density at radius 2 is 1.73 bits per heavy atom. The Kier molecular flexibility index (Phi) is 7.26. The first-order valence-corrected chi connectivity index (χ1v) is 12.2. The third-order valence-electron chi connectivity index (χ3n) is 6.01. The van der Waals surface area contributed by atoms with Gasteiger partial charge in [-0.3, -0.25) is 0 Å². The fraction of sp³-hybridized carbons (Fsp3) is 0.241. The fourth-order valence-electron chi connectivity index (χ4n) is 3.95. The molecule has 0 unspecified atom stereocenters. The minimum absolute atomic E-state index is 0.169. The molecule has 0 aliphatic carbocycles. The monoisotopic (exact) mass is 500 g/mol. The van der Waals surface area contributed by atoms with Gasteiger partial charge in [0.15, 0.2) is 11.5 Å². The second kappa shape index (κ2) is 11.1. The molecule has 0 spiro atoms. The second-order valence-corrected chi connectivity index (χ2v) is 8.53. The maximum atomic E-state index is 12.7. The van der Waals surface area contributed by atoms with Crippen molar-refractivity contribution in [3.05, 3.63) is 89.8 Å². The number of fused-ring (bicyclic) bond motifs is 1. The topological polar surface area (TPSA) is 83.3 Å². The van der Waals surface area contributed by atoms with Crippen LogP contribution >= 0.6 is 0 Å². The first kappa shape index (κ1) is 24.2. The molecule has 0 N–H and O–H groups in total. The zero-order valence-corrected chi connectivity index (χ0v) is 20.8. The molecule has 0 bridgehead atoms. The van der Waals surface area contributed by atoms with Crippen molar-refractivity contribution in [2.45, 2.75) is 26.8 Å². The lowest BCUT2D eigenvalue weighted by Crippen LogP contribution is -2.32. The Bertz CT molecular complexity index is 1350. The molecule has 1 aliphatic rings. The van der Waals surface area contributed by atoms with Gasteiger partial charge in [-0.1, -0.05) is 30.3 Å². The van der Waals surface area contributed by atoms with Crippen molar-refractivity contribution in [2.24, 2.45) is 0 Å².